The second-order valence-electron chi connectivity index (χ2n) is 8.11. The van der Waals surface area contributed by atoms with E-state index < -0.39 is 45.2 Å². The highest BCUT2D eigenvalue weighted by Crippen LogP contribution is 2.47. The van der Waals surface area contributed by atoms with E-state index in [1.54, 1.807) is 41.5 Å². The van der Waals surface area contributed by atoms with Gasteiger partial charge in [-0.15, -0.1) is 0 Å². The highest BCUT2D eigenvalue weighted by molar-refractivity contribution is 7.85. The smallest absolute Gasteiger partial charge is 0.427 e. The summed E-state index contributed by atoms with van der Waals surface area (Å²) in [7, 11) is -4.42. The Morgan fingerprint density at radius 3 is 2.12 bits per heavy atom. The quantitative estimate of drug-likeness (QED) is 0.658. The largest absolute Gasteiger partial charge is 0.458 e. The lowest BCUT2D eigenvalue weighted by Crippen LogP contribution is -2.59. The van der Waals surface area contributed by atoms with Gasteiger partial charge in [-0.25, -0.2) is 13.8 Å². The van der Waals surface area contributed by atoms with E-state index in [2.05, 4.69) is 0 Å². The molecule has 2 fully saturated rings. The number of ether oxygens (including phenoxy) is 2. The first kappa shape index (κ1) is 19.0. The van der Waals surface area contributed by atoms with E-state index in [1.807, 2.05) is 0 Å². The number of amides is 1. The Morgan fingerprint density at radius 2 is 1.62 bits per heavy atom. The van der Waals surface area contributed by atoms with Crippen LogP contribution in [0.3, 0.4) is 0 Å². The van der Waals surface area contributed by atoms with Gasteiger partial charge in [-0.2, -0.15) is 12.7 Å². The SMILES string of the molecule is CC(C)(C)OC(=O)N1C2(C(=O)OC(C)(C)C)CCCC2OS1(=O)=O. The first-order valence-electron chi connectivity index (χ1n) is 7.89. The number of carbonyl (C=O) groups is 2. The molecule has 9 heteroatoms. The average Bonchev–Trinajstić information content (AvgIpc) is 2.76. The molecule has 1 amide bonds. The van der Waals surface area contributed by atoms with Crippen molar-refractivity contribution in [2.24, 2.45) is 0 Å². The molecular formula is C15H25NO7S. The van der Waals surface area contributed by atoms with Gasteiger partial charge in [-0.3, -0.25) is 0 Å². The van der Waals surface area contributed by atoms with Crippen molar-refractivity contribution in [1.82, 2.24) is 4.31 Å². The van der Waals surface area contributed by atoms with Crippen molar-refractivity contribution in [3.8, 4) is 0 Å². The molecular weight excluding hydrogens is 338 g/mol. The van der Waals surface area contributed by atoms with Gasteiger partial charge in [0.15, 0.2) is 5.54 Å². The van der Waals surface area contributed by atoms with Crippen molar-refractivity contribution in [2.75, 3.05) is 0 Å². The van der Waals surface area contributed by atoms with Crippen LogP contribution in [-0.4, -0.2) is 47.6 Å². The third kappa shape index (κ3) is 3.37. The summed E-state index contributed by atoms with van der Waals surface area (Å²) in [6, 6.07) is 0. The molecule has 24 heavy (non-hydrogen) atoms. The molecule has 0 aromatic heterocycles. The van der Waals surface area contributed by atoms with Gasteiger partial charge in [0.05, 0.1) is 0 Å². The molecule has 2 atom stereocenters. The van der Waals surface area contributed by atoms with Crippen LogP contribution in [0.1, 0.15) is 60.8 Å². The van der Waals surface area contributed by atoms with Gasteiger partial charge in [0.2, 0.25) is 0 Å². The highest BCUT2D eigenvalue weighted by atomic mass is 32.2. The minimum Gasteiger partial charge on any atom is -0.458 e. The number of fused-ring (bicyclic) bond motifs is 1. The molecule has 0 aromatic carbocycles. The number of rotatable bonds is 1. The van der Waals surface area contributed by atoms with Crippen LogP contribution >= 0.6 is 0 Å². The van der Waals surface area contributed by atoms with Gasteiger partial charge in [-0.1, -0.05) is 0 Å². The molecule has 1 aliphatic heterocycles. The molecule has 1 saturated heterocycles. The first-order chi connectivity index (χ1) is 10.7. The van der Waals surface area contributed by atoms with Gasteiger partial charge in [0, 0.05) is 0 Å². The topological polar surface area (TPSA) is 99.2 Å². The van der Waals surface area contributed by atoms with Gasteiger partial charge >= 0.3 is 22.4 Å². The minimum atomic E-state index is -4.42. The fourth-order valence-corrected chi connectivity index (χ4v) is 4.48. The third-order valence-electron chi connectivity index (χ3n) is 3.69. The van der Waals surface area contributed by atoms with Crippen molar-refractivity contribution in [3.63, 3.8) is 0 Å². The summed E-state index contributed by atoms with van der Waals surface area (Å²) in [5, 5.41) is 0. The second kappa shape index (κ2) is 5.59. The maximum atomic E-state index is 12.8. The Bertz CT molecular complexity index is 644. The Hall–Kier alpha value is -1.35. The molecule has 2 rings (SSSR count). The third-order valence-corrected chi connectivity index (χ3v) is 5.09. The lowest BCUT2D eigenvalue weighted by Gasteiger charge is -2.35. The standard InChI is InChI=1S/C15H25NO7S/c1-13(2,3)21-11(17)15-9-7-8-10(15)23-24(19,20)16(15)12(18)22-14(4,5)6/h10H,7-9H2,1-6H3. The van der Waals surface area contributed by atoms with Crippen molar-refractivity contribution in [3.05, 3.63) is 0 Å². The summed E-state index contributed by atoms with van der Waals surface area (Å²) in [5.41, 5.74) is -3.45. The summed E-state index contributed by atoms with van der Waals surface area (Å²) >= 11 is 0. The zero-order chi connectivity index (χ0) is 18.6. The predicted molar refractivity (Wildman–Crippen MR) is 84.3 cm³/mol. The van der Waals surface area contributed by atoms with E-state index in [0.717, 1.165) is 0 Å². The molecule has 2 aliphatic rings. The van der Waals surface area contributed by atoms with Crippen LogP contribution in [0.4, 0.5) is 4.79 Å². The van der Waals surface area contributed by atoms with E-state index in [-0.39, 0.29) is 6.42 Å². The molecule has 8 nitrogen and oxygen atoms in total. The summed E-state index contributed by atoms with van der Waals surface area (Å²) in [6.07, 6.45) is -1.05. The summed E-state index contributed by atoms with van der Waals surface area (Å²) in [4.78, 5) is 25.3. The fraction of sp³-hybridized carbons (Fsp3) is 0.867. The number of hydrogen-bond donors (Lipinski definition) is 0. The van der Waals surface area contributed by atoms with E-state index in [4.69, 9.17) is 13.7 Å². The molecule has 0 radical (unpaired) electrons. The molecule has 1 heterocycles. The molecule has 138 valence electrons. The molecule has 0 bridgehead atoms. The summed E-state index contributed by atoms with van der Waals surface area (Å²) in [5.74, 6) is -0.788. The fourth-order valence-electron chi connectivity index (χ4n) is 2.95. The van der Waals surface area contributed by atoms with Crippen LogP contribution in [0.5, 0.6) is 0 Å². The van der Waals surface area contributed by atoms with Gasteiger partial charge in [-0.05, 0) is 60.8 Å². The van der Waals surface area contributed by atoms with Crippen molar-refractivity contribution in [1.29, 1.82) is 0 Å². The summed E-state index contributed by atoms with van der Waals surface area (Å²) in [6.45, 7) is 9.86. The Kier molecular flexibility index (Phi) is 4.42. The maximum absolute atomic E-state index is 12.8. The Morgan fingerprint density at radius 1 is 1.08 bits per heavy atom. The molecule has 0 aromatic rings. The average molecular weight is 363 g/mol. The van der Waals surface area contributed by atoms with Gasteiger partial charge in [0.1, 0.15) is 17.3 Å². The lowest BCUT2D eigenvalue weighted by atomic mass is 9.95. The van der Waals surface area contributed by atoms with Crippen molar-refractivity contribution < 1.29 is 31.7 Å². The zero-order valence-electron chi connectivity index (χ0n) is 14.9. The Balaban J connectivity index is 2.47. The molecule has 0 spiro atoms. The Labute approximate surface area is 142 Å². The molecule has 1 saturated carbocycles. The van der Waals surface area contributed by atoms with Gasteiger partial charge < -0.3 is 9.47 Å². The highest BCUT2D eigenvalue weighted by Gasteiger charge is 2.69. The minimum absolute atomic E-state index is 0.144. The van der Waals surface area contributed by atoms with Gasteiger partial charge in [0.25, 0.3) is 0 Å². The molecule has 1 aliphatic carbocycles. The van der Waals surface area contributed by atoms with Crippen LogP contribution < -0.4 is 0 Å². The molecule has 0 N–H and O–H groups in total. The monoisotopic (exact) mass is 363 g/mol. The lowest BCUT2D eigenvalue weighted by molar-refractivity contribution is -0.168. The summed E-state index contributed by atoms with van der Waals surface area (Å²) < 4.78 is 40.8. The number of hydrogen-bond acceptors (Lipinski definition) is 7. The normalized spacial score (nSPS) is 29.2. The number of esters is 1. The van der Waals surface area contributed by atoms with E-state index in [1.165, 1.54) is 0 Å². The maximum Gasteiger partial charge on any atom is 0.427 e. The number of carbonyl (C=O) groups excluding carboxylic acids is 2. The second-order valence-corrected chi connectivity index (χ2v) is 9.52. The van der Waals surface area contributed by atoms with E-state index >= 15 is 0 Å². The van der Waals surface area contributed by atoms with Crippen LogP contribution in [-0.2, 0) is 28.8 Å². The van der Waals surface area contributed by atoms with Crippen molar-refractivity contribution in [2.45, 2.75) is 83.6 Å². The van der Waals surface area contributed by atoms with Crippen LogP contribution in [0.2, 0.25) is 0 Å². The van der Waals surface area contributed by atoms with Crippen molar-refractivity contribution >= 4 is 22.4 Å². The van der Waals surface area contributed by atoms with Crippen LogP contribution in [0.25, 0.3) is 0 Å². The van der Waals surface area contributed by atoms with Crippen LogP contribution in [0, 0.1) is 0 Å². The van der Waals surface area contributed by atoms with Crippen LogP contribution in [0.15, 0.2) is 0 Å². The zero-order valence-corrected chi connectivity index (χ0v) is 15.7. The molecule has 2 unspecified atom stereocenters. The predicted octanol–water partition coefficient (Wildman–Crippen LogP) is 2.13. The van der Waals surface area contributed by atoms with E-state index in [9.17, 15) is 18.0 Å². The first-order valence-corrected chi connectivity index (χ1v) is 9.26. The van der Waals surface area contributed by atoms with E-state index in [0.29, 0.717) is 17.1 Å². The number of nitrogens with zero attached hydrogens (tertiary/aromatic N) is 1.